The summed E-state index contributed by atoms with van der Waals surface area (Å²) >= 11 is 0. The van der Waals surface area contributed by atoms with E-state index in [2.05, 4.69) is 10.3 Å². The van der Waals surface area contributed by atoms with E-state index in [-0.39, 0.29) is 31.2 Å². The molecule has 2 heterocycles. The maximum atomic E-state index is 13.0. The van der Waals surface area contributed by atoms with Crippen LogP contribution in [0.5, 0.6) is 5.75 Å². The molecule has 0 bridgehead atoms. The van der Waals surface area contributed by atoms with Gasteiger partial charge >= 0.3 is 5.69 Å². The van der Waals surface area contributed by atoms with Crippen LogP contribution in [0.3, 0.4) is 0 Å². The lowest BCUT2D eigenvalue weighted by molar-refractivity contribution is -0.126. The van der Waals surface area contributed by atoms with Crippen molar-refractivity contribution in [1.29, 1.82) is 0 Å². The van der Waals surface area contributed by atoms with Gasteiger partial charge in [0.25, 0.3) is 5.56 Å². The topological polar surface area (TPSA) is 141 Å². The molecule has 0 spiro atoms. The van der Waals surface area contributed by atoms with E-state index in [1.807, 2.05) is 23.2 Å². The predicted molar refractivity (Wildman–Crippen MR) is 109 cm³/mol. The Morgan fingerprint density at radius 3 is 2.77 bits per heavy atom. The van der Waals surface area contributed by atoms with Crippen molar-refractivity contribution in [3.63, 3.8) is 0 Å². The third kappa shape index (κ3) is 4.62. The first-order valence-electron chi connectivity index (χ1n) is 9.46. The highest BCUT2D eigenvalue weighted by Gasteiger charge is 2.35. The van der Waals surface area contributed by atoms with Gasteiger partial charge in [0.15, 0.2) is 4.90 Å². The first-order valence-corrected chi connectivity index (χ1v) is 10.9. The Bertz CT molecular complexity index is 1150. The number of carbonyl (C=O) groups is 1. The minimum Gasteiger partial charge on any atom is -0.497 e. The molecule has 3 N–H and O–H groups in total. The first-order chi connectivity index (χ1) is 14.2. The van der Waals surface area contributed by atoms with Crippen LogP contribution in [-0.2, 0) is 21.4 Å². The van der Waals surface area contributed by atoms with Crippen LogP contribution in [0.15, 0.2) is 38.8 Å². The van der Waals surface area contributed by atoms with Gasteiger partial charge in [0.2, 0.25) is 15.9 Å². The quantitative estimate of drug-likeness (QED) is 0.586. The number of nitrogens with one attached hydrogen (secondary N) is 3. The van der Waals surface area contributed by atoms with Gasteiger partial charge in [-0.25, -0.2) is 13.2 Å². The zero-order chi connectivity index (χ0) is 21.9. The molecule has 1 amide bonds. The predicted octanol–water partition coefficient (Wildman–Crippen LogP) is 0.0973. The lowest BCUT2D eigenvalue weighted by Gasteiger charge is -2.31. The number of aryl methyl sites for hydroxylation is 1. The van der Waals surface area contributed by atoms with Gasteiger partial charge in [0.05, 0.1) is 13.0 Å². The van der Waals surface area contributed by atoms with E-state index in [1.54, 1.807) is 13.2 Å². The van der Waals surface area contributed by atoms with E-state index in [4.69, 9.17) is 4.74 Å². The number of carbonyl (C=O) groups excluding carboxylic acids is 1. The lowest BCUT2D eigenvalue weighted by atomic mass is 9.99. The van der Waals surface area contributed by atoms with Gasteiger partial charge in [0.1, 0.15) is 5.75 Å². The third-order valence-corrected chi connectivity index (χ3v) is 7.05. The zero-order valence-corrected chi connectivity index (χ0v) is 17.5. The molecule has 1 saturated heterocycles. The first kappa shape index (κ1) is 21.8. The second kappa shape index (κ2) is 8.84. The molecule has 2 aromatic rings. The summed E-state index contributed by atoms with van der Waals surface area (Å²) in [6.07, 6.45) is 1.02. The van der Waals surface area contributed by atoms with E-state index in [0.29, 0.717) is 18.6 Å². The van der Waals surface area contributed by atoms with E-state index >= 15 is 0 Å². The summed E-state index contributed by atoms with van der Waals surface area (Å²) < 4.78 is 32.3. The lowest BCUT2D eigenvalue weighted by Crippen LogP contribution is -2.46. The summed E-state index contributed by atoms with van der Waals surface area (Å²) in [5.74, 6) is -0.121. The molecule has 11 heteroatoms. The van der Waals surface area contributed by atoms with E-state index in [9.17, 15) is 22.8 Å². The fourth-order valence-corrected chi connectivity index (χ4v) is 5.25. The highest BCUT2D eigenvalue weighted by atomic mass is 32.2. The summed E-state index contributed by atoms with van der Waals surface area (Å²) in [6.45, 7) is 1.80. The van der Waals surface area contributed by atoms with Gasteiger partial charge in [-0.05, 0) is 37.5 Å². The molecule has 0 aliphatic carbocycles. The number of H-pyrrole nitrogens is 2. The van der Waals surface area contributed by atoms with Crippen LogP contribution in [0.2, 0.25) is 0 Å². The molecular weight excluding hydrogens is 412 g/mol. The van der Waals surface area contributed by atoms with Crippen LogP contribution in [0, 0.1) is 12.8 Å². The monoisotopic (exact) mass is 436 g/mol. The van der Waals surface area contributed by atoms with Crippen LogP contribution in [0.4, 0.5) is 0 Å². The summed E-state index contributed by atoms with van der Waals surface area (Å²) in [6, 6.07) is 7.28. The maximum Gasteiger partial charge on any atom is 0.325 e. The molecule has 1 aromatic heterocycles. The summed E-state index contributed by atoms with van der Waals surface area (Å²) in [4.78, 5) is 39.8. The largest absolute Gasteiger partial charge is 0.497 e. The van der Waals surface area contributed by atoms with Crippen molar-refractivity contribution in [1.82, 2.24) is 19.6 Å². The number of hydrogen-bond acceptors (Lipinski definition) is 6. The van der Waals surface area contributed by atoms with Crippen molar-refractivity contribution in [3.8, 4) is 5.75 Å². The fraction of sp³-hybridized carbons (Fsp3) is 0.421. The minimum absolute atomic E-state index is 0.0339. The van der Waals surface area contributed by atoms with E-state index in [1.165, 1.54) is 6.92 Å². The molecule has 0 unspecified atom stereocenters. The summed E-state index contributed by atoms with van der Waals surface area (Å²) in [5.41, 5.74) is -0.919. The highest BCUT2D eigenvalue weighted by Crippen LogP contribution is 2.23. The van der Waals surface area contributed by atoms with E-state index < -0.39 is 32.1 Å². The van der Waals surface area contributed by atoms with Gasteiger partial charge in [-0.2, -0.15) is 4.31 Å². The molecule has 1 fully saturated rings. The number of methoxy groups -OCH3 is 1. The van der Waals surface area contributed by atoms with Crippen molar-refractivity contribution in [2.45, 2.75) is 31.2 Å². The SMILES string of the molecule is COc1cccc(CNC(=O)[C@@H]2CCCN(S(=O)(=O)c3c(C)[nH]c(=O)[nH]c3=O)C2)c1. The standard InChI is InChI=1S/C19H24N4O6S/c1-12-16(18(25)22-19(26)21-12)30(27,28)23-8-4-6-14(11-23)17(24)20-10-13-5-3-7-15(9-13)29-2/h3,5,7,9,14H,4,6,8,10-11H2,1-2H3,(H,20,24)(H2,21,22,25,26)/t14-/m1/s1. The number of benzene rings is 1. The Morgan fingerprint density at radius 2 is 2.07 bits per heavy atom. The number of aromatic nitrogens is 2. The Hall–Kier alpha value is -2.92. The van der Waals surface area contributed by atoms with Crippen molar-refractivity contribution < 1.29 is 17.9 Å². The molecule has 1 atom stereocenters. The third-order valence-electron chi connectivity index (χ3n) is 5.03. The van der Waals surface area contributed by atoms with Crippen molar-refractivity contribution >= 4 is 15.9 Å². The molecule has 0 saturated carbocycles. The Labute approximate surface area is 173 Å². The van der Waals surface area contributed by atoms with Gasteiger partial charge in [-0.3, -0.25) is 14.6 Å². The summed E-state index contributed by atoms with van der Waals surface area (Å²) in [7, 11) is -2.60. The van der Waals surface area contributed by atoms with Gasteiger partial charge in [0, 0.05) is 25.3 Å². The number of amides is 1. The summed E-state index contributed by atoms with van der Waals surface area (Å²) in [5, 5.41) is 2.83. The van der Waals surface area contributed by atoms with E-state index in [0.717, 1.165) is 9.87 Å². The number of piperidine rings is 1. The Balaban J connectivity index is 1.72. The molecular formula is C19H24N4O6S. The normalized spacial score (nSPS) is 17.5. The maximum absolute atomic E-state index is 13.0. The molecule has 10 nitrogen and oxygen atoms in total. The number of nitrogens with zero attached hydrogens (tertiary/aromatic N) is 1. The fourth-order valence-electron chi connectivity index (χ4n) is 3.52. The number of sulfonamides is 1. The van der Waals surface area contributed by atoms with Crippen molar-refractivity contribution in [3.05, 3.63) is 56.4 Å². The second-order valence-electron chi connectivity index (χ2n) is 7.13. The highest BCUT2D eigenvalue weighted by molar-refractivity contribution is 7.89. The molecule has 1 aliphatic heterocycles. The number of ether oxygens (including phenoxy) is 1. The number of rotatable bonds is 6. The van der Waals surface area contributed by atoms with Crippen LogP contribution in [-0.4, -0.2) is 48.8 Å². The van der Waals surface area contributed by atoms with Gasteiger partial charge in [-0.1, -0.05) is 12.1 Å². The molecule has 30 heavy (non-hydrogen) atoms. The second-order valence-corrected chi connectivity index (χ2v) is 9.01. The van der Waals surface area contributed by atoms with Gasteiger partial charge < -0.3 is 15.0 Å². The Kier molecular flexibility index (Phi) is 6.42. The van der Waals surface area contributed by atoms with Crippen LogP contribution in [0.25, 0.3) is 0 Å². The van der Waals surface area contributed by atoms with Gasteiger partial charge in [-0.15, -0.1) is 0 Å². The van der Waals surface area contributed by atoms with Crippen LogP contribution in [0.1, 0.15) is 24.1 Å². The molecule has 0 radical (unpaired) electrons. The Morgan fingerprint density at radius 1 is 1.30 bits per heavy atom. The van der Waals surface area contributed by atoms with Crippen LogP contribution < -0.4 is 21.3 Å². The number of hydrogen-bond donors (Lipinski definition) is 3. The van der Waals surface area contributed by atoms with Crippen molar-refractivity contribution in [2.24, 2.45) is 5.92 Å². The average Bonchev–Trinajstić information content (AvgIpc) is 2.71. The molecule has 162 valence electrons. The number of aromatic amines is 2. The zero-order valence-electron chi connectivity index (χ0n) is 16.7. The molecule has 3 rings (SSSR count). The molecule has 1 aliphatic rings. The van der Waals surface area contributed by atoms with Crippen molar-refractivity contribution in [2.75, 3.05) is 20.2 Å². The molecule has 1 aromatic carbocycles. The minimum atomic E-state index is -4.16. The average molecular weight is 436 g/mol. The van der Waals surface area contributed by atoms with Crippen LogP contribution >= 0.6 is 0 Å². The smallest absolute Gasteiger partial charge is 0.325 e.